The topological polar surface area (TPSA) is 20.2 Å². The van der Waals surface area contributed by atoms with Crippen molar-refractivity contribution in [1.29, 1.82) is 0 Å². The molecule has 0 amide bonds. The predicted octanol–water partition coefficient (Wildman–Crippen LogP) is 4.95. The number of hydrogen-bond donors (Lipinski definition) is 1. The first-order valence-corrected chi connectivity index (χ1v) is 6.37. The van der Waals surface area contributed by atoms with Crippen molar-refractivity contribution in [2.75, 3.05) is 0 Å². The van der Waals surface area contributed by atoms with Crippen LogP contribution in [0.5, 0.6) is 5.75 Å². The molecule has 0 heterocycles. The molecule has 0 spiro atoms. The summed E-state index contributed by atoms with van der Waals surface area (Å²) < 4.78 is 0. The summed E-state index contributed by atoms with van der Waals surface area (Å²) in [7, 11) is 0. The van der Waals surface area contributed by atoms with Gasteiger partial charge < -0.3 is 5.11 Å². The number of aryl methyl sites for hydroxylation is 1. The van der Waals surface area contributed by atoms with Gasteiger partial charge in [-0.1, -0.05) is 59.2 Å². The molecule has 0 aromatic heterocycles. The summed E-state index contributed by atoms with van der Waals surface area (Å²) in [6.45, 7) is 14.5. The van der Waals surface area contributed by atoms with E-state index in [9.17, 15) is 5.11 Å². The van der Waals surface area contributed by atoms with Crippen LogP contribution in [0, 0.1) is 6.92 Å². The highest BCUT2D eigenvalue weighted by molar-refractivity contribution is 6.32. The van der Waals surface area contributed by atoms with Crippen LogP contribution in [0.3, 0.4) is 0 Å². The second kappa shape index (κ2) is 4.20. The molecule has 0 fully saturated rings. The fraction of sp³-hybridized carbons (Fsp3) is 0.600. The monoisotopic (exact) mass is 254 g/mol. The summed E-state index contributed by atoms with van der Waals surface area (Å²) >= 11 is 6.35. The van der Waals surface area contributed by atoms with E-state index in [1.807, 2.05) is 13.0 Å². The van der Waals surface area contributed by atoms with Crippen molar-refractivity contribution >= 4 is 11.6 Å². The van der Waals surface area contributed by atoms with Crippen LogP contribution in [0.1, 0.15) is 58.2 Å². The third kappa shape index (κ3) is 2.77. The molecular weight excluding hydrogens is 232 g/mol. The van der Waals surface area contributed by atoms with E-state index in [-0.39, 0.29) is 10.8 Å². The maximum Gasteiger partial charge on any atom is 0.124 e. The van der Waals surface area contributed by atoms with Gasteiger partial charge in [0.05, 0.1) is 5.02 Å². The first kappa shape index (κ1) is 14.4. The molecule has 0 aliphatic rings. The molecule has 0 atom stereocenters. The molecule has 0 unspecified atom stereocenters. The Morgan fingerprint density at radius 3 is 1.82 bits per heavy atom. The minimum Gasteiger partial charge on any atom is -0.507 e. The van der Waals surface area contributed by atoms with E-state index in [0.29, 0.717) is 10.8 Å². The molecule has 1 rings (SSSR count). The number of halogens is 1. The Morgan fingerprint density at radius 2 is 1.47 bits per heavy atom. The highest BCUT2D eigenvalue weighted by Crippen LogP contribution is 2.44. The lowest BCUT2D eigenvalue weighted by Crippen LogP contribution is -2.18. The van der Waals surface area contributed by atoms with Crippen LogP contribution in [0.15, 0.2) is 6.07 Å². The summed E-state index contributed by atoms with van der Waals surface area (Å²) in [6.07, 6.45) is 0. The Kier molecular flexibility index (Phi) is 3.55. The number of phenols is 1. The van der Waals surface area contributed by atoms with Crippen molar-refractivity contribution in [3.8, 4) is 5.75 Å². The Balaban J connectivity index is 3.67. The fourth-order valence-electron chi connectivity index (χ4n) is 2.04. The van der Waals surface area contributed by atoms with Gasteiger partial charge in [-0.25, -0.2) is 0 Å². The van der Waals surface area contributed by atoms with Crippen molar-refractivity contribution in [2.45, 2.75) is 59.3 Å². The van der Waals surface area contributed by atoms with Gasteiger partial charge in [-0.3, -0.25) is 0 Å². The van der Waals surface area contributed by atoms with E-state index >= 15 is 0 Å². The predicted molar refractivity (Wildman–Crippen MR) is 75.3 cm³/mol. The zero-order chi connectivity index (χ0) is 13.6. The van der Waals surface area contributed by atoms with Crippen LogP contribution >= 0.6 is 11.6 Å². The highest BCUT2D eigenvalue weighted by atomic mass is 35.5. The molecule has 1 N–H and O–H groups in total. The largest absolute Gasteiger partial charge is 0.507 e. The van der Waals surface area contributed by atoms with Crippen LogP contribution in [0.4, 0.5) is 0 Å². The Hall–Kier alpha value is -0.690. The smallest absolute Gasteiger partial charge is 0.124 e. The molecule has 0 aliphatic carbocycles. The SMILES string of the molecule is Cc1cc(C(C)(C)C)c(O)c(C(C)(C)C)c1Cl. The van der Waals surface area contributed by atoms with E-state index in [1.165, 1.54) is 0 Å². The van der Waals surface area contributed by atoms with Gasteiger partial charge in [0.25, 0.3) is 0 Å². The molecule has 0 bridgehead atoms. The zero-order valence-electron chi connectivity index (χ0n) is 11.9. The zero-order valence-corrected chi connectivity index (χ0v) is 12.7. The molecule has 2 heteroatoms. The molecule has 0 radical (unpaired) electrons. The van der Waals surface area contributed by atoms with Crippen LogP contribution in [0.2, 0.25) is 5.02 Å². The lowest BCUT2D eigenvalue weighted by atomic mass is 9.78. The van der Waals surface area contributed by atoms with E-state index < -0.39 is 0 Å². The van der Waals surface area contributed by atoms with Crippen LogP contribution in [-0.2, 0) is 10.8 Å². The quantitative estimate of drug-likeness (QED) is 0.695. The molecular formula is C15H23ClO. The van der Waals surface area contributed by atoms with Crippen molar-refractivity contribution in [2.24, 2.45) is 0 Å². The molecule has 17 heavy (non-hydrogen) atoms. The van der Waals surface area contributed by atoms with Gasteiger partial charge in [0, 0.05) is 5.56 Å². The normalized spacial score (nSPS) is 12.9. The average molecular weight is 255 g/mol. The van der Waals surface area contributed by atoms with Crippen molar-refractivity contribution < 1.29 is 5.11 Å². The molecule has 1 aromatic carbocycles. The van der Waals surface area contributed by atoms with Gasteiger partial charge in [0.1, 0.15) is 5.75 Å². The Bertz CT molecular complexity index is 434. The van der Waals surface area contributed by atoms with Gasteiger partial charge >= 0.3 is 0 Å². The average Bonchev–Trinajstić information content (AvgIpc) is 2.07. The highest BCUT2D eigenvalue weighted by Gasteiger charge is 2.28. The second-order valence-corrected chi connectivity index (χ2v) is 7.16. The first-order valence-electron chi connectivity index (χ1n) is 5.99. The summed E-state index contributed by atoms with van der Waals surface area (Å²) in [5, 5.41) is 11.2. The van der Waals surface area contributed by atoms with Gasteiger partial charge in [-0.15, -0.1) is 0 Å². The van der Waals surface area contributed by atoms with E-state index in [4.69, 9.17) is 11.6 Å². The summed E-state index contributed by atoms with van der Waals surface area (Å²) in [5.41, 5.74) is 2.60. The minimum absolute atomic E-state index is 0.0839. The van der Waals surface area contributed by atoms with E-state index in [0.717, 1.165) is 16.7 Å². The fourth-order valence-corrected chi connectivity index (χ4v) is 2.47. The van der Waals surface area contributed by atoms with E-state index in [1.54, 1.807) is 0 Å². The van der Waals surface area contributed by atoms with Gasteiger partial charge in [-0.2, -0.15) is 0 Å². The standard InChI is InChI=1S/C15H23ClO/c1-9-8-10(14(2,3)4)13(17)11(12(9)16)15(5,6)7/h8,17H,1-7H3. The number of phenolic OH excluding ortho intramolecular Hbond substituents is 1. The summed E-state index contributed by atoms with van der Waals surface area (Å²) in [4.78, 5) is 0. The molecule has 96 valence electrons. The number of hydrogen-bond acceptors (Lipinski definition) is 1. The first-order chi connectivity index (χ1) is 7.46. The molecule has 0 saturated heterocycles. The molecule has 1 aromatic rings. The number of rotatable bonds is 0. The minimum atomic E-state index is -0.160. The maximum atomic E-state index is 10.5. The second-order valence-electron chi connectivity index (χ2n) is 6.78. The third-order valence-electron chi connectivity index (χ3n) is 2.98. The molecule has 1 nitrogen and oxygen atoms in total. The Morgan fingerprint density at radius 1 is 1.00 bits per heavy atom. The Labute approximate surface area is 110 Å². The number of benzene rings is 1. The number of aromatic hydroxyl groups is 1. The van der Waals surface area contributed by atoms with Crippen molar-refractivity contribution in [1.82, 2.24) is 0 Å². The van der Waals surface area contributed by atoms with Gasteiger partial charge in [0.15, 0.2) is 0 Å². The molecule has 0 saturated carbocycles. The van der Waals surface area contributed by atoms with Crippen LogP contribution in [0.25, 0.3) is 0 Å². The van der Waals surface area contributed by atoms with Crippen molar-refractivity contribution in [3.63, 3.8) is 0 Å². The summed E-state index contributed by atoms with van der Waals surface area (Å²) in [6, 6.07) is 1.99. The van der Waals surface area contributed by atoms with E-state index in [2.05, 4.69) is 41.5 Å². The lowest BCUT2D eigenvalue weighted by molar-refractivity contribution is 0.423. The third-order valence-corrected chi connectivity index (χ3v) is 3.46. The maximum absolute atomic E-state index is 10.5. The lowest BCUT2D eigenvalue weighted by Gasteiger charge is -2.29. The van der Waals surface area contributed by atoms with Crippen LogP contribution < -0.4 is 0 Å². The summed E-state index contributed by atoms with van der Waals surface area (Å²) in [5.74, 6) is 0.348. The van der Waals surface area contributed by atoms with Crippen molar-refractivity contribution in [3.05, 3.63) is 27.8 Å². The van der Waals surface area contributed by atoms with Gasteiger partial charge in [-0.05, 0) is 28.9 Å². The van der Waals surface area contributed by atoms with Gasteiger partial charge in [0.2, 0.25) is 0 Å². The van der Waals surface area contributed by atoms with Crippen LogP contribution in [-0.4, -0.2) is 5.11 Å². The molecule has 0 aliphatic heterocycles.